The molecule has 23 heavy (non-hydrogen) atoms. The molecule has 1 unspecified atom stereocenters. The molecule has 1 atom stereocenters. The molecule has 1 heterocycles. The maximum atomic E-state index is 12.8. The standard InChI is InChI=1S/C19H27NO3/c1-13-10-14(2)17(15(3)11-13)12-18(21)20-9-5-4-6-16(20)7-8-19(22)23/h10-11,16H,4-9,12H2,1-3H3,(H,22,23). The number of nitrogens with zero attached hydrogens (tertiary/aromatic N) is 1. The number of carboxylic acids is 1. The molecule has 1 aromatic carbocycles. The molecule has 1 aromatic rings. The molecular formula is C19H27NO3. The van der Waals surface area contributed by atoms with Crippen LogP contribution in [0.5, 0.6) is 0 Å². The highest BCUT2D eigenvalue weighted by atomic mass is 16.4. The summed E-state index contributed by atoms with van der Waals surface area (Å²) in [6.07, 6.45) is 4.13. The van der Waals surface area contributed by atoms with Crippen molar-refractivity contribution >= 4 is 11.9 Å². The Balaban J connectivity index is 2.10. The molecule has 0 saturated carbocycles. The zero-order valence-electron chi connectivity index (χ0n) is 14.4. The number of aryl methyl sites for hydroxylation is 3. The number of rotatable bonds is 5. The van der Waals surface area contributed by atoms with Gasteiger partial charge in [-0.15, -0.1) is 0 Å². The average Bonchev–Trinajstić information content (AvgIpc) is 2.48. The molecule has 4 heteroatoms. The number of carbonyl (C=O) groups excluding carboxylic acids is 1. The van der Waals surface area contributed by atoms with E-state index < -0.39 is 5.97 Å². The Kier molecular flexibility index (Phi) is 5.80. The molecule has 0 spiro atoms. The molecule has 0 aliphatic carbocycles. The molecule has 1 saturated heterocycles. The second-order valence-electron chi connectivity index (χ2n) is 6.72. The highest BCUT2D eigenvalue weighted by molar-refractivity contribution is 5.80. The first-order valence-electron chi connectivity index (χ1n) is 8.46. The van der Waals surface area contributed by atoms with Crippen LogP contribution in [0.3, 0.4) is 0 Å². The summed E-state index contributed by atoms with van der Waals surface area (Å²) in [5, 5.41) is 8.90. The Hall–Kier alpha value is -1.84. The molecule has 0 aromatic heterocycles. The van der Waals surface area contributed by atoms with Gasteiger partial charge in [-0.05, 0) is 63.1 Å². The fourth-order valence-electron chi connectivity index (χ4n) is 3.66. The summed E-state index contributed by atoms with van der Waals surface area (Å²) < 4.78 is 0. The van der Waals surface area contributed by atoms with Crippen molar-refractivity contribution in [2.24, 2.45) is 0 Å². The van der Waals surface area contributed by atoms with Crippen LogP contribution in [-0.2, 0) is 16.0 Å². The molecular weight excluding hydrogens is 290 g/mol. The minimum absolute atomic E-state index is 0.0819. The van der Waals surface area contributed by atoms with Crippen molar-refractivity contribution < 1.29 is 14.7 Å². The van der Waals surface area contributed by atoms with Crippen LogP contribution >= 0.6 is 0 Å². The predicted molar refractivity (Wildman–Crippen MR) is 90.6 cm³/mol. The lowest BCUT2D eigenvalue weighted by Gasteiger charge is -2.36. The van der Waals surface area contributed by atoms with Gasteiger partial charge < -0.3 is 10.0 Å². The van der Waals surface area contributed by atoms with Gasteiger partial charge in [0.25, 0.3) is 0 Å². The molecule has 0 radical (unpaired) electrons. The maximum absolute atomic E-state index is 12.8. The van der Waals surface area contributed by atoms with Gasteiger partial charge >= 0.3 is 5.97 Å². The van der Waals surface area contributed by atoms with E-state index in [2.05, 4.69) is 32.9 Å². The predicted octanol–water partition coefficient (Wildman–Crippen LogP) is 3.40. The molecule has 1 fully saturated rings. The molecule has 1 aliphatic rings. The fraction of sp³-hybridized carbons (Fsp3) is 0.579. The molecule has 126 valence electrons. The minimum atomic E-state index is -0.784. The lowest BCUT2D eigenvalue weighted by atomic mass is 9.94. The van der Waals surface area contributed by atoms with Crippen LogP contribution in [0.25, 0.3) is 0 Å². The van der Waals surface area contributed by atoms with Crippen LogP contribution in [-0.4, -0.2) is 34.5 Å². The second-order valence-corrected chi connectivity index (χ2v) is 6.72. The largest absolute Gasteiger partial charge is 0.481 e. The van der Waals surface area contributed by atoms with Gasteiger partial charge in [0.1, 0.15) is 0 Å². The van der Waals surface area contributed by atoms with Crippen LogP contribution in [0, 0.1) is 20.8 Å². The smallest absolute Gasteiger partial charge is 0.303 e. The van der Waals surface area contributed by atoms with Gasteiger partial charge in [0, 0.05) is 19.0 Å². The number of amides is 1. The third-order valence-electron chi connectivity index (χ3n) is 4.81. The number of hydrogen-bond acceptors (Lipinski definition) is 2. The Labute approximate surface area is 138 Å². The van der Waals surface area contributed by atoms with Crippen molar-refractivity contribution in [3.63, 3.8) is 0 Å². The van der Waals surface area contributed by atoms with Crippen LogP contribution < -0.4 is 0 Å². The SMILES string of the molecule is Cc1cc(C)c(CC(=O)N2CCCCC2CCC(=O)O)c(C)c1. The van der Waals surface area contributed by atoms with Crippen LogP contribution in [0.2, 0.25) is 0 Å². The first kappa shape index (κ1) is 17.5. The number of hydrogen-bond donors (Lipinski definition) is 1. The van der Waals surface area contributed by atoms with E-state index in [0.717, 1.165) is 42.5 Å². The fourth-order valence-corrected chi connectivity index (χ4v) is 3.66. The quantitative estimate of drug-likeness (QED) is 0.905. The van der Waals surface area contributed by atoms with Gasteiger partial charge in [0.05, 0.1) is 6.42 Å². The van der Waals surface area contributed by atoms with E-state index in [0.29, 0.717) is 12.8 Å². The Morgan fingerprint density at radius 1 is 1.17 bits per heavy atom. The van der Waals surface area contributed by atoms with Crippen molar-refractivity contribution in [2.75, 3.05) is 6.54 Å². The number of benzene rings is 1. The van der Waals surface area contributed by atoms with Crippen molar-refractivity contribution in [3.05, 3.63) is 34.4 Å². The van der Waals surface area contributed by atoms with Crippen molar-refractivity contribution in [2.45, 2.75) is 65.3 Å². The lowest BCUT2D eigenvalue weighted by Crippen LogP contribution is -2.44. The number of carbonyl (C=O) groups is 2. The van der Waals surface area contributed by atoms with Gasteiger partial charge in [-0.25, -0.2) is 0 Å². The van der Waals surface area contributed by atoms with E-state index in [9.17, 15) is 9.59 Å². The monoisotopic (exact) mass is 317 g/mol. The number of carboxylic acid groups (broad SMARTS) is 1. The summed E-state index contributed by atoms with van der Waals surface area (Å²) in [7, 11) is 0. The molecule has 0 bridgehead atoms. The third-order valence-corrected chi connectivity index (χ3v) is 4.81. The van der Waals surface area contributed by atoms with E-state index in [1.165, 1.54) is 5.56 Å². The third kappa shape index (κ3) is 4.57. The highest BCUT2D eigenvalue weighted by Gasteiger charge is 2.27. The van der Waals surface area contributed by atoms with Crippen LogP contribution in [0.4, 0.5) is 0 Å². The molecule has 4 nitrogen and oxygen atoms in total. The molecule has 1 N–H and O–H groups in total. The van der Waals surface area contributed by atoms with Crippen molar-refractivity contribution in [1.29, 1.82) is 0 Å². The Bertz CT molecular complexity index is 571. The van der Waals surface area contributed by atoms with Crippen molar-refractivity contribution in [1.82, 2.24) is 4.90 Å². The van der Waals surface area contributed by atoms with Gasteiger partial charge in [-0.1, -0.05) is 17.7 Å². The minimum Gasteiger partial charge on any atom is -0.481 e. The summed E-state index contributed by atoms with van der Waals surface area (Å²) in [5.41, 5.74) is 4.65. The lowest BCUT2D eigenvalue weighted by molar-refractivity contribution is -0.139. The molecule has 1 aliphatic heterocycles. The van der Waals surface area contributed by atoms with Crippen molar-refractivity contribution in [3.8, 4) is 0 Å². The summed E-state index contributed by atoms with van der Waals surface area (Å²) in [6, 6.07) is 4.32. The highest BCUT2D eigenvalue weighted by Crippen LogP contribution is 2.24. The second kappa shape index (κ2) is 7.62. The summed E-state index contributed by atoms with van der Waals surface area (Å²) >= 11 is 0. The number of aliphatic carboxylic acids is 1. The van der Waals surface area contributed by atoms with E-state index in [-0.39, 0.29) is 18.4 Å². The van der Waals surface area contributed by atoms with Gasteiger partial charge in [-0.2, -0.15) is 0 Å². The first-order valence-corrected chi connectivity index (χ1v) is 8.46. The van der Waals surface area contributed by atoms with Crippen LogP contribution in [0.1, 0.15) is 54.4 Å². The summed E-state index contributed by atoms with van der Waals surface area (Å²) in [5.74, 6) is -0.650. The maximum Gasteiger partial charge on any atom is 0.303 e. The zero-order chi connectivity index (χ0) is 17.0. The first-order chi connectivity index (χ1) is 10.9. The van der Waals surface area contributed by atoms with Gasteiger partial charge in [0.15, 0.2) is 0 Å². The van der Waals surface area contributed by atoms with E-state index in [1.54, 1.807) is 0 Å². The van der Waals surface area contributed by atoms with E-state index in [4.69, 9.17) is 5.11 Å². The van der Waals surface area contributed by atoms with Gasteiger partial charge in [0.2, 0.25) is 5.91 Å². The number of piperidine rings is 1. The summed E-state index contributed by atoms with van der Waals surface area (Å²) in [4.78, 5) is 25.5. The normalized spacial score (nSPS) is 18.0. The Morgan fingerprint density at radius 3 is 2.43 bits per heavy atom. The molecule has 2 rings (SSSR count). The van der Waals surface area contributed by atoms with E-state index in [1.807, 2.05) is 4.90 Å². The summed E-state index contributed by atoms with van der Waals surface area (Å²) in [6.45, 7) is 6.94. The Morgan fingerprint density at radius 2 is 1.83 bits per heavy atom. The topological polar surface area (TPSA) is 57.6 Å². The number of likely N-dealkylation sites (tertiary alicyclic amines) is 1. The van der Waals surface area contributed by atoms with E-state index >= 15 is 0 Å². The zero-order valence-corrected chi connectivity index (χ0v) is 14.4. The average molecular weight is 317 g/mol. The van der Waals surface area contributed by atoms with Crippen LogP contribution in [0.15, 0.2) is 12.1 Å². The van der Waals surface area contributed by atoms with Gasteiger partial charge in [-0.3, -0.25) is 9.59 Å². The molecule has 1 amide bonds.